The van der Waals surface area contributed by atoms with E-state index in [0.717, 1.165) is 28.3 Å². The van der Waals surface area contributed by atoms with Gasteiger partial charge in [0.05, 0.1) is 12.8 Å². The second-order valence-electron chi connectivity index (χ2n) is 5.64. The van der Waals surface area contributed by atoms with E-state index in [1.807, 2.05) is 36.4 Å². The van der Waals surface area contributed by atoms with Crippen LogP contribution in [0.2, 0.25) is 0 Å². The average molecular weight is 346 g/mol. The van der Waals surface area contributed by atoms with Crippen molar-refractivity contribution in [3.63, 3.8) is 0 Å². The summed E-state index contributed by atoms with van der Waals surface area (Å²) in [6.45, 7) is 0. The molecule has 128 valence electrons. The van der Waals surface area contributed by atoms with E-state index in [-0.39, 0.29) is 5.82 Å². The molecule has 4 rings (SSSR count). The largest absolute Gasteiger partial charge is 0.497 e. The van der Waals surface area contributed by atoms with Crippen molar-refractivity contribution in [1.82, 2.24) is 20.0 Å². The van der Waals surface area contributed by atoms with E-state index in [1.54, 1.807) is 36.3 Å². The maximum atomic E-state index is 13.3. The minimum absolute atomic E-state index is 0.290. The Kier molecular flexibility index (Phi) is 4.15. The Balaban J connectivity index is 1.90. The topological polar surface area (TPSA) is 52.8 Å². The van der Waals surface area contributed by atoms with Crippen molar-refractivity contribution in [3.8, 4) is 34.0 Å². The Morgan fingerprint density at radius 2 is 1.54 bits per heavy atom. The van der Waals surface area contributed by atoms with Gasteiger partial charge in [0.25, 0.3) is 0 Å². The highest BCUT2D eigenvalue weighted by molar-refractivity contribution is 5.79. The normalized spacial score (nSPS) is 10.7. The molecule has 2 aromatic heterocycles. The number of hydrogen-bond donors (Lipinski definition) is 0. The van der Waals surface area contributed by atoms with Crippen LogP contribution in [0.1, 0.15) is 0 Å². The number of hydrogen-bond acceptors (Lipinski definition) is 4. The fourth-order valence-electron chi connectivity index (χ4n) is 2.76. The predicted octanol–water partition coefficient (Wildman–Crippen LogP) is 4.14. The molecule has 5 nitrogen and oxygen atoms in total. The number of rotatable bonds is 4. The molecular weight excluding hydrogens is 331 g/mol. The van der Waals surface area contributed by atoms with Crippen LogP contribution in [0.5, 0.6) is 5.75 Å². The second kappa shape index (κ2) is 6.76. The van der Waals surface area contributed by atoms with Gasteiger partial charge in [0.1, 0.15) is 23.0 Å². The minimum Gasteiger partial charge on any atom is -0.497 e. The lowest BCUT2D eigenvalue weighted by atomic mass is 10.1. The highest BCUT2D eigenvalue weighted by Crippen LogP contribution is 2.32. The van der Waals surface area contributed by atoms with Crippen LogP contribution in [0.4, 0.5) is 4.39 Å². The van der Waals surface area contributed by atoms with Gasteiger partial charge < -0.3 is 4.74 Å². The van der Waals surface area contributed by atoms with Gasteiger partial charge in [-0.25, -0.2) is 9.07 Å². The van der Waals surface area contributed by atoms with Crippen molar-refractivity contribution in [2.75, 3.05) is 7.11 Å². The van der Waals surface area contributed by atoms with Gasteiger partial charge in [-0.15, -0.1) is 5.10 Å². The van der Waals surface area contributed by atoms with Gasteiger partial charge in [0, 0.05) is 23.5 Å². The van der Waals surface area contributed by atoms with Gasteiger partial charge >= 0.3 is 0 Å². The van der Waals surface area contributed by atoms with E-state index < -0.39 is 0 Å². The molecule has 0 saturated heterocycles. The molecule has 0 fully saturated rings. The van der Waals surface area contributed by atoms with E-state index in [1.165, 1.54) is 12.1 Å². The molecule has 2 heterocycles. The number of ether oxygens (including phenoxy) is 1. The molecule has 0 saturated carbocycles. The molecule has 0 amide bonds. The molecule has 0 aliphatic heterocycles. The first-order valence-electron chi connectivity index (χ1n) is 8.03. The fraction of sp³-hybridized carbons (Fsp3) is 0.0500. The molecule has 0 atom stereocenters. The molecule has 0 spiro atoms. The summed E-state index contributed by atoms with van der Waals surface area (Å²) in [4.78, 5) is 4.08. The van der Waals surface area contributed by atoms with Crippen LogP contribution in [0.25, 0.3) is 28.2 Å². The summed E-state index contributed by atoms with van der Waals surface area (Å²) in [5, 5.41) is 8.68. The first-order valence-corrected chi connectivity index (χ1v) is 8.03. The van der Waals surface area contributed by atoms with E-state index in [2.05, 4.69) is 15.3 Å². The predicted molar refractivity (Wildman–Crippen MR) is 96.5 cm³/mol. The molecule has 0 unspecified atom stereocenters. The number of benzene rings is 2. The zero-order chi connectivity index (χ0) is 17.9. The summed E-state index contributed by atoms with van der Waals surface area (Å²) in [5.41, 5.74) is 4.03. The highest BCUT2D eigenvalue weighted by atomic mass is 19.1. The summed E-state index contributed by atoms with van der Waals surface area (Å²) < 4.78 is 20.3. The van der Waals surface area contributed by atoms with Crippen LogP contribution in [-0.4, -0.2) is 27.1 Å². The Morgan fingerprint density at radius 1 is 0.846 bits per heavy atom. The number of halogens is 1. The monoisotopic (exact) mass is 346 g/mol. The van der Waals surface area contributed by atoms with Crippen molar-refractivity contribution >= 4 is 0 Å². The summed E-state index contributed by atoms with van der Waals surface area (Å²) in [6, 6.07) is 17.6. The molecule has 0 aliphatic carbocycles. The lowest BCUT2D eigenvalue weighted by Gasteiger charge is -2.09. The zero-order valence-electron chi connectivity index (χ0n) is 14.0. The summed E-state index contributed by atoms with van der Waals surface area (Å²) in [6.07, 6.45) is 3.43. The van der Waals surface area contributed by atoms with E-state index in [4.69, 9.17) is 4.74 Å². The Bertz CT molecular complexity index is 1010. The third-order valence-corrected chi connectivity index (χ3v) is 4.06. The number of pyridine rings is 1. The number of aromatic nitrogens is 4. The van der Waals surface area contributed by atoms with E-state index in [9.17, 15) is 4.39 Å². The molecular formula is C20H15FN4O. The van der Waals surface area contributed by atoms with Crippen LogP contribution >= 0.6 is 0 Å². The van der Waals surface area contributed by atoms with E-state index in [0.29, 0.717) is 5.69 Å². The summed E-state index contributed by atoms with van der Waals surface area (Å²) >= 11 is 0. The average Bonchev–Trinajstić information content (AvgIpc) is 3.14. The first-order chi connectivity index (χ1) is 12.8. The van der Waals surface area contributed by atoms with Gasteiger partial charge in [0.15, 0.2) is 0 Å². The quantitative estimate of drug-likeness (QED) is 0.557. The van der Waals surface area contributed by atoms with Gasteiger partial charge in [-0.3, -0.25) is 4.98 Å². The molecule has 0 bridgehead atoms. The Labute approximate surface area is 149 Å². The maximum Gasteiger partial charge on any atom is 0.123 e. The van der Waals surface area contributed by atoms with Crippen LogP contribution < -0.4 is 4.74 Å². The van der Waals surface area contributed by atoms with Crippen LogP contribution in [0.3, 0.4) is 0 Å². The molecule has 0 aliphatic rings. The minimum atomic E-state index is -0.290. The molecule has 0 N–H and O–H groups in total. The molecule has 6 heteroatoms. The second-order valence-corrected chi connectivity index (χ2v) is 5.64. The highest BCUT2D eigenvalue weighted by Gasteiger charge is 2.18. The van der Waals surface area contributed by atoms with Crippen LogP contribution in [0, 0.1) is 5.82 Å². The van der Waals surface area contributed by atoms with Gasteiger partial charge in [-0.2, -0.15) is 0 Å². The Hall–Kier alpha value is -3.54. The van der Waals surface area contributed by atoms with Crippen molar-refractivity contribution in [2.24, 2.45) is 0 Å². The number of nitrogens with zero attached hydrogens (tertiary/aromatic N) is 4. The van der Waals surface area contributed by atoms with Gasteiger partial charge in [-0.1, -0.05) is 5.21 Å². The van der Waals surface area contributed by atoms with Crippen molar-refractivity contribution in [1.29, 1.82) is 0 Å². The smallest absolute Gasteiger partial charge is 0.123 e. The van der Waals surface area contributed by atoms with E-state index >= 15 is 0 Å². The lowest BCUT2D eigenvalue weighted by molar-refractivity contribution is 0.414. The fourth-order valence-corrected chi connectivity index (χ4v) is 2.76. The van der Waals surface area contributed by atoms with Crippen molar-refractivity contribution in [3.05, 3.63) is 78.9 Å². The zero-order valence-corrected chi connectivity index (χ0v) is 14.0. The third-order valence-electron chi connectivity index (χ3n) is 4.06. The Morgan fingerprint density at radius 3 is 2.19 bits per heavy atom. The lowest BCUT2D eigenvalue weighted by Crippen LogP contribution is -2.00. The van der Waals surface area contributed by atoms with Crippen molar-refractivity contribution in [2.45, 2.75) is 0 Å². The van der Waals surface area contributed by atoms with Gasteiger partial charge in [0.2, 0.25) is 0 Å². The molecule has 26 heavy (non-hydrogen) atoms. The molecule has 0 radical (unpaired) electrons. The molecule has 4 aromatic rings. The van der Waals surface area contributed by atoms with Crippen LogP contribution in [-0.2, 0) is 0 Å². The SMILES string of the molecule is COc1ccc(-n2nnc(-c3ccc(F)cc3)c2-c2ccncc2)cc1. The summed E-state index contributed by atoms with van der Waals surface area (Å²) in [5.74, 6) is 0.472. The number of methoxy groups -OCH3 is 1. The van der Waals surface area contributed by atoms with Gasteiger partial charge in [-0.05, 0) is 60.7 Å². The molecule has 2 aromatic carbocycles. The van der Waals surface area contributed by atoms with Crippen molar-refractivity contribution < 1.29 is 9.13 Å². The van der Waals surface area contributed by atoms with Crippen LogP contribution in [0.15, 0.2) is 73.1 Å². The summed E-state index contributed by atoms with van der Waals surface area (Å²) in [7, 11) is 1.62. The third kappa shape index (κ3) is 2.93. The maximum absolute atomic E-state index is 13.3. The standard InChI is InChI=1S/C20H15FN4O/c1-26-18-8-6-17(7-9-18)25-20(15-10-12-22-13-11-15)19(23-24-25)14-2-4-16(21)5-3-14/h2-13H,1H3. The first kappa shape index (κ1) is 16.0.